The van der Waals surface area contributed by atoms with Gasteiger partial charge < -0.3 is 5.32 Å². The molecule has 5 heteroatoms. The van der Waals surface area contributed by atoms with E-state index in [-0.39, 0.29) is 0 Å². The smallest absolute Gasteiger partial charge is 0.143 e. The first-order chi connectivity index (χ1) is 10.8. The molecule has 2 aromatic rings. The van der Waals surface area contributed by atoms with E-state index in [0.29, 0.717) is 17.3 Å². The van der Waals surface area contributed by atoms with E-state index < -0.39 is 0 Å². The Bertz CT molecular complexity index is 632. The van der Waals surface area contributed by atoms with Gasteiger partial charge in [-0.05, 0) is 48.9 Å². The lowest BCUT2D eigenvalue weighted by molar-refractivity contribution is 0.174. The third-order valence-electron chi connectivity index (χ3n) is 4.05. The molecule has 0 radical (unpaired) electrons. The predicted octanol–water partition coefficient (Wildman–Crippen LogP) is 3.34. The highest BCUT2D eigenvalue weighted by Gasteiger charge is 2.20. The fraction of sp³-hybridized carbons (Fsp3) is 0.412. The minimum atomic E-state index is 0.613. The highest BCUT2D eigenvalue weighted by molar-refractivity contribution is 7.09. The van der Waals surface area contributed by atoms with Gasteiger partial charge >= 0.3 is 0 Å². The summed E-state index contributed by atoms with van der Waals surface area (Å²) in [6.45, 7) is 4.23. The van der Waals surface area contributed by atoms with Gasteiger partial charge in [0.25, 0.3) is 0 Å². The maximum absolute atomic E-state index is 9.10. The minimum absolute atomic E-state index is 0.613. The van der Waals surface area contributed by atoms with Crippen molar-refractivity contribution in [2.45, 2.75) is 19.4 Å². The number of likely N-dealkylation sites (tertiary alicyclic amines) is 1. The zero-order valence-corrected chi connectivity index (χ0v) is 13.4. The predicted molar refractivity (Wildman–Crippen MR) is 89.8 cm³/mol. The van der Waals surface area contributed by atoms with Crippen LogP contribution < -0.4 is 5.32 Å². The first kappa shape index (κ1) is 15.0. The molecule has 0 saturated carbocycles. The van der Waals surface area contributed by atoms with Gasteiger partial charge in [-0.1, -0.05) is 6.07 Å². The number of rotatable bonds is 5. The summed E-state index contributed by atoms with van der Waals surface area (Å²) in [4.78, 5) is 8.24. The number of hydrogen-bond acceptors (Lipinski definition) is 5. The second-order valence-corrected chi connectivity index (χ2v) is 6.75. The van der Waals surface area contributed by atoms with Crippen molar-refractivity contribution in [2.24, 2.45) is 5.92 Å². The number of hydrogen-bond donors (Lipinski definition) is 1. The number of nitriles is 1. The molecule has 1 fully saturated rings. The second kappa shape index (κ2) is 7.39. The zero-order chi connectivity index (χ0) is 15.2. The summed E-state index contributed by atoms with van der Waals surface area (Å²) in [7, 11) is 0. The SMILES string of the molecule is N#Cc1cccnc1NC[C@@H]1CCCN(Cc2cccs2)C1. The molecular formula is C17H20N4S. The summed E-state index contributed by atoms with van der Waals surface area (Å²) in [5.41, 5.74) is 0.619. The largest absolute Gasteiger partial charge is 0.369 e. The highest BCUT2D eigenvalue weighted by atomic mass is 32.1. The summed E-state index contributed by atoms with van der Waals surface area (Å²) >= 11 is 1.83. The molecule has 1 aliphatic heterocycles. The van der Waals surface area contributed by atoms with Gasteiger partial charge in [-0.2, -0.15) is 5.26 Å². The summed E-state index contributed by atoms with van der Waals surface area (Å²) in [6, 6.07) is 10.1. The molecule has 0 amide bonds. The van der Waals surface area contributed by atoms with E-state index >= 15 is 0 Å². The molecule has 1 saturated heterocycles. The normalized spacial score (nSPS) is 18.8. The van der Waals surface area contributed by atoms with Gasteiger partial charge in [-0.3, -0.25) is 4.90 Å². The van der Waals surface area contributed by atoms with Crippen LogP contribution in [0.4, 0.5) is 5.82 Å². The first-order valence-corrected chi connectivity index (χ1v) is 8.57. The lowest BCUT2D eigenvalue weighted by atomic mass is 9.98. The summed E-state index contributed by atoms with van der Waals surface area (Å²) in [5.74, 6) is 1.32. The standard InChI is InChI=1S/C17H20N4S/c18-10-15-5-1-7-19-17(15)20-11-14-4-2-8-21(12-14)13-16-6-3-9-22-16/h1,3,5-7,9,14H,2,4,8,11-13H2,(H,19,20)/t14-/m0/s1. The fourth-order valence-electron chi connectivity index (χ4n) is 2.96. The van der Waals surface area contributed by atoms with Crippen LogP contribution in [0.25, 0.3) is 0 Å². The van der Waals surface area contributed by atoms with Gasteiger partial charge in [-0.25, -0.2) is 4.98 Å². The summed E-state index contributed by atoms with van der Waals surface area (Å²) in [6.07, 6.45) is 4.21. The van der Waals surface area contributed by atoms with Crippen LogP contribution in [0.3, 0.4) is 0 Å². The van der Waals surface area contributed by atoms with Crippen LogP contribution in [-0.4, -0.2) is 29.5 Å². The van der Waals surface area contributed by atoms with Crippen molar-refractivity contribution in [3.05, 3.63) is 46.3 Å². The van der Waals surface area contributed by atoms with Crippen LogP contribution >= 0.6 is 11.3 Å². The third kappa shape index (κ3) is 3.85. The molecule has 22 heavy (non-hydrogen) atoms. The maximum Gasteiger partial charge on any atom is 0.143 e. The molecule has 3 heterocycles. The molecule has 1 atom stereocenters. The van der Waals surface area contributed by atoms with Gasteiger partial charge in [0.15, 0.2) is 0 Å². The Morgan fingerprint density at radius 2 is 2.36 bits per heavy atom. The summed E-state index contributed by atoms with van der Waals surface area (Å²) < 4.78 is 0. The molecular weight excluding hydrogens is 292 g/mol. The number of nitrogens with zero attached hydrogens (tertiary/aromatic N) is 3. The van der Waals surface area contributed by atoms with Gasteiger partial charge in [0, 0.05) is 30.7 Å². The highest BCUT2D eigenvalue weighted by Crippen LogP contribution is 2.21. The molecule has 114 valence electrons. The third-order valence-corrected chi connectivity index (χ3v) is 4.91. The molecule has 3 rings (SSSR count). The van der Waals surface area contributed by atoms with Gasteiger partial charge in [0.2, 0.25) is 0 Å². The Labute approximate surface area is 135 Å². The van der Waals surface area contributed by atoms with Crippen LogP contribution in [0.2, 0.25) is 0 Å². The molecule has 2 aromatic heterocycles. The van der Waals surface area contributed by atoms with Crippen LogP contribution in [-0.2, 0) is 6.54 Å². The van der Waals surface area contributed by atoms with Crippen LogP contribution in [0, 0.1) is 17.2 Å². The van der Waals surface area contributed by atoms with Crippen LogP contribution in [0.5, 0.6) is 0 Å². The average molecular weight is 312 g/mol. The number of pyridine rings is 1. The molecule has 0 aliphatic carbocycles. The number of aromatic nitrogens is 1. The molecule has 1 N–H and O–H groups in total. The quantitative estimate of drug-likeness (QED) is 0.920. The second-order valence-electron chi connectivity index (χ2n) is 5.72. The van der Waals surface area contributed by atoms with Crippen LogP contribution in [0.15, 0.2) is 35.8 Å². The van der Waals surface area contributed by atoms with E-state index in [0.717, 1.165) is 19.6 Å². The van der Waals surface area contributed by atoms with Crippen molar-refractivity contribution < 1.29 is 0 Å². The van der Waals surface area contributed by atoms with Crippen LogP contribution in [0.1, 0.15) is 23.3 Å². The maximum atomic E-state index is 9.10. The molecule has 0 bridgehead atoms. The Morgan fingerprint density at radius 1 is 1.41 bits per heavy atom. The molecule has 1 aliphatic rings. The van der Waals surface area contributed by atoms with Crippen molar-refractivity contribution in [1.82, 2.24) is 9.88 Å². The number of anilines is 1. The van der Waals surface area contributed by atoms with Gasteiger partial charge in [-0.15, -0.1) is 11.3 Å². The van der Waals surface area contributed by atoms with E-state index in [2.05, 4.69) is 38.8 Å². The van der Waals surface area contributed by atoms with Crippen molar-refractivity contribution in [2.75, 3.05) is 25.0 Å². The molecule has 0 spiro atoms. The number of piperidine rings is 1. The van der Waals surface area contributed by atoms with E-state index in [1.54, 1.807) is 18.3 Å². The topological polar surface area (TPSA) is 52.0 Å². The molecule has 4 nitrogen and oxygen atoms in total. The van der Waals surface area contributed by atoms with Crippen molar-refractivity contribution in [1.29, 1.82) is 5.26 Å². The first-order valence-electron chi connectivity index (χ1n) is 7.69. The number of thiophene rings is 1. The van der Waals surface area contributed by atoms with Gasteiger partial charge in [0.05, 0.1) is 5.56 Å². The number of nitrogens with one attached hydrogen (secondary N) is 1. The van der Waals surface area contributed by atoms with E-state index in [9.17, 15) is 0 Å². The monoisotopic (exact) mass is 312 g/mol. The zero-order valence-electron chi connectivity index (χ0n) is 12.5. The minimum Gasteiger partial charge on any atom is -0.369 e. The Kier molecular flexibility index (Phi) is 5.04. The summed E-state index contributed by atoms with van der Waals surface area (Å²) in [5, 5.41) is 14.6. The Hall–Kier alpha value is -1.90. The lowest BCUT2D eigenvalue weighted by Gasteiger charge is -2.32. The molecule has 0 aromatic carbocycles. The Balaban J connectivity index is 1.53. The van der Waals surface area contributed by atoms with Crippen molar-refractivity contribution in [3.63, 3.8) is 0 Å². The van der Waals surface area contributed by atoms with E-state index in [4.69, 9.17) is 5.26 Å². The Morgan fingerprint density at radius 3 is 3.18 bits per heavy atom. The molecule has 0 unspecified atom stereocenters. The van der Waals surface area contributed by atoms with E-state index in [1.807, 2.05) is 11.3 Å². The lowest BCUT2D eigenvalue weighted by Crippen LogP contribution is -2.37. The fourth-order valence-corrected chi connectivity index (χ4v) is 3.71. The van der Waals surface area contributed by atoms with Crippen molar-refractivity contribution >= 4 is 17.2 Å². The van der Waals surface area contributed by atoms with Crippen molar-refractivity contribution in [3.8, 4) is 6.07 Å². The van der Waals surface area contributed by atoms with E-state index in [1.165, 1.54) is 24.3 Å². The average Bonchev–Trinajstić information content (AvgIpc) is 3.06. The van der Waals surface area contributed by atoms with Gasteiger partial charge in [0.1, 0.15) is 11.9 Å².